The fraction of sp³-hybridized carbons (Fsp3) is 0.222. The number of benzene rings is 1. The van der Waals surface area contributed by atoms with Crippen molar-refractivity contribution in [2.45, 2.75) is 37.6 Å². The van der Waals surface area contributed by atoms with Crippen LogP contribution >= 0.6 is 11.6 Å². The first-order valence-electron chi connectivity index (χ1n) is 12.7. The smallest absolute Gasteiger partial charge is 0.252 e. The van der Waals surface area contributed by atoms with Gasteiger partial charge >= 0.3 is 0 Å². The molecule has 5 heterocycles. The number of carbonyl (C=O) groups excluding carboxylic acids is 1. The number of aromatic nitrogens is 8. The first kappa shape index (κ1) is 25.2. The van der Waals surface area contributed by atoms with Gasteiger partial charge in [0.25, 0.3) is 5.56 Å². The number of aromatic amines is 1. The van der Waals surface area contributed by atoms with Crippen LogP contribution in [-0.4, -0.2) is 45.6 Å². The zero-order valence-electron chi connectivity index (χ0n) is 21.4. The third-order valence-electron chi connectivity index (χ3n) is 7.67. The van der Waals surface area contributed by atoms with Gasteiger partial charge in [0.05, 0.1) is 34.2 Å². The van der Waals surface area contributed by atoms with E-state index < -0.39 is 17.8 Å². The summed E-state index contributed by atoms with van der Waals surface area (Å²) in [5.41, 5.74) is 1.57. The molecule has 5 aromatic rings. The molecular formula is C27H20ClF2N9O2. The Labute approximate surface area is 235 Å². The highest BCUT2D eigenvalue weighted by Gasteiger charge is 2.54. The quantitative estimate of drug-likeness (QED) is 0.300. The van der Waals surface area contributed by atoms with Crippen molar-refractivity contribution < 1.29 is 13.6 Å². The van der Waals surface area contributed by atoms with Crippen molar-refractivity contribution in [3.05, 3.63) is 87.6 Å². The van der Waals surface area contributed by atoms with Crippen molar-refractivity contribution in [3.8, 4) is 28.1 Å². The van der Waals surface area contributed by atoms with Crippen LogP contribution in [0.1, 0.15) is 43.7 Å². The molecule has 1 atom stereocenters. The monoisotopic (exact) mass is 575 g/mol. The molecule has 1 amide bonds. The summed E-state index contributed by atoms with van der Waals surface area (Å²) in [5, 5.41) is 13.5. The Morgan fingerprint density at radius 2 is 2.02 bits per heavy atom. The molecule has 0 saturated heterocycles. The van der Waals surface area contributed by atoms with E-state index in [2.05, 4.69) is 35.8 Å². The topological polar surface area (TPSA) is 136 Å². The Morgan fingerprint density at radius 3 is 2.73 bits per heavy atom. The Bertz CT molecular complexity index is 1910. The van der Waals surface area contributed by atoms with Crippen LogP contribution in [0.15, 0.2) is 53.7 Å². The molecule has 1 spiro atoms. The van der Waals surface area contributed by atoms with Crippen LogP contribution in [0.5, 0.6) is 0 Å². The Hall–Kier alpha value is -4.78. The van der Waals surface area contributed by atoms with E-state index in [1.807, 2.05) is 6.07 Å². The van der Waals surface area contributed by atoms with Crippen molar-refractivity contribution in [1.29, 1.82) is 0 Å². The average Bonchev–Trinajstić information content (AvgIpc) is 3.27. The summed E-state index contributed by atoms with van der Waals surface area (Å²) in [6.07, 6.45) is 5.16. The number of hydrogen-bond donors (Lipinski definition) is 2. The Morgan fingerprint density at radius 1 is 1.20 bits per heavy atom. The fourth-order valence-electron chi connectivity index (χ4n) is 5.66. The second-order valence-electron chi connectivity index (χ2n) is 10.2. The number of rotatable bonds is 5. The highest BCUT2D eigenvalue weighted by Crippen LogP contribution is 2.58. The zero-order valence-corrected chi connectivity index (χ0v) is 22.2. The normalized spacial score (nSPS) is 16.6. The number of anilines is 1. The van der Waals surface area contributed by atoms with Crippen LogP contribution in [0.2, 0.25) is 5.02 Å². The van der Waals surface area contributed by atoms with Gasteiger partial charge in [-0.2, -0.15) is 9.07 Å². The van der Waals surface area contributed by atoms with E-state index in [4.69, 9.17) is 11.6 Å². The van der Waals surface area contributed by atoms with Gasteiger partial charge in [0, 0.05) is 29.7 Å². The highest BCUT2D eigenvalue weighted by molar-refractivity contribution is 6.31. The number of fused-ring (bicyclic) bond motifs is 2. The lowest BCUT2D eigenvalue weighted by Gasteiger charge is -2.16. The molecule has 41 heavy (non-hydrogen) atoms. The fourth-order valence-corrected chi connectivity index (χ4v) is 5.81. The number of halogens is 3. The summed E-state index contributed by atoms with van der Waals surface area (Å²) >= 11 is 6.14. The van der Waals surface area contributed by atoms with E-state index in [-0.39, 0.29) is 38.8 Å². The molecule has 0 radical (unpaired) electrons. The van der Waals surface area contributed by atoms with Crippen molar-refractivity contribution in [3.63, 3.8) is 0 Å². The van der Waals surface area contributed by atoms with Crippen LogP contribution in [0.4, 0.5) is 14.6 Å². The number of nitrogens with one attached hydrogen (secondary N) is 2. The van der Waals surface area contributed by atoms with Crippen LogP contribution < -0.4 is 10.9 Å². The molecule has 7 rings (SSSR count). The first-order chi connectivity index (χ1) is 19.7. The van der Waals surface area contributed by atoms with E-state index in [0.717, 1.165) is 18.5 Å². The predicted molar refractivity (Wildman–Crippen MR) is 144 cm³/mol. The van der Waals surface area contributed by atoms with Gasteiger partial charge in [-0.25, -0.2) is 14.4 Å². The first-order valence-corrected chi connectivity index (χ1v) is 13.1. The standard InChI is InChI=1S/C27H20ClF2N9O2/c1-13(40)33-21-5-2-15(25(30)35-21)17-11-31-26(34-17)19-10-27(6-7-27)20-8-14(9-22(41)39(19)20)23-18(38-12-32-36-37-38)4-3-16(28)24(23)29/h2-5,8-9,11-12,19H,6-7,10H2,1H3,(H,31,34)(H,33,35,40). The lowest BCUT2D eigenvalue weighted by atomic mass is 9.95. The van der Waals surface area contributed by atoms with Crippen LogP contribution in [0, 0.1) is 11.8 Å². The van der Waals surface area contributed by atoms with E-state index in [1.165, 1.54) is 48.4 Å². The third kappa shape index (κ3) is 4.11. The van der Waals surface area contributed by atoms with Crippen LogP contribution in [0.3, 0.4) is 0 Å². The molecule has 11 nitrogen and oxygen atoms in total. The maximum atomic E-state index is 15.5. The van der Waals surface area contributed by atoms with E-state index >= 15 is 4.39 Å². The summed E-state index contributed by atoms with van der Waals surface area (Å²) < 4.78 is 33.2. The molecule has 1 saturated carbocycles. The van der Waals surface area contributed by atoms with E-state index in [0.29, 0.717) is 29.2 Å². The predicted octanol–water partition coefficient (Wildman–Crippen LogP) is 4.19. The molecule has 4 aromatic heterocycles. The van der Waals surface area contributed by atoms with Gasteiger partial charge in [0.15, 0.2) is 5.82 Å². The molecule has 1 aromatic carbocycles. The van der Waals surface area contributed by atoms with Gasteiger partial charge in [0.2, 0.25) is 11.9 Å². The molecule has 2 aliphatic rings. The summed E-state index contributed by atoms with van der Waals surface area (Å²) in [4.78, 5) is 36.4. The van der Waals surface area contributed by atoms with Crippen molar-refractivity contribution >= 4 is 23.3 Å². The molecule has 1 fully saturated rings. The lowest BCUT2D eigenvalue weighted by Crippen LogP contribution is -2.24. The van der Waals surface area contributed by atoms with E-state index in [1.54, 1.807) is 10.6 Å². The highest BCUT2D eigenvalue weighted by atomic mass is 35.5. The van der Waals surface area contributed by atoms with Gasteiger partial charge in [-0.05, 0) is 65.6 Å². The summed E-state index contributed by atoms with van der Waals surface area (Å²) in [7, 11) is 0. The zero-order chi connectivity index (χ0) is 28.5. The summed E-state index contributed by atoms with van der Waals surface area (Å²) in [5.74, 6) is -1.23. The number of H-pyrrole nitrogens is 1. The number of pyridine rings is 2. The minimum Gasteiger partial charge on any atom is -0.340 e. The summed E-state index contributed by atoms with van der Waals surface area (Å²) in [6, 6.07) is 8.76. The number of tetrazole rings is 1. The molecule has 14 heteroatoms. The maximum Gasteiger partial charge on any atom is 0.252 e. The second kappa shape index (κ2) is 9.13. The SMILES string of the molecule is CC(=O)Nc1ccc(-c2cnc(C3CC4(CC4)c4cc(-c5c(-n6cnnn6)ccc(Cl)c5F)cc(=O)n43)[nH]2)c(F)n1. The van der Waals surface area contributed by atoms with E-state index in [9.17, 15) is 14.0 Å². The van der Waals surface area contributed by atoms with Crippen molar-refractivity contribution in [2.24, 2.45) is 0 Å². The second-order valence-corrected chi connectivity index (χ2v) is 10.7. The van der Waals surface area contributed by atoms with Crippen LogP contribution in [0.25, 0.3) is 28.1 Å². The van der Waals surface area contributed by atoms with Gasteiger partial charge < -0.3 is 14.9 Å². The third-order valence-corrected chi connectivity index (χ3v) is 7.96. The van der Waals surface area contributed by atoms with Crippen LogP contribution in [-0.2, 0) is 10.2 Å². The Kier molecular flexibility index (Phi) is 5.61. The minimum atomic E-state index is -0.777. The minimum absolute atomic E-state index is 0.0913. The van der Waals surface area contributed by atoms with Crippen molar-refractivity contribution in [2.75, 3.05) is 5.32 Å². The largest absolute Gasteiger partial charge is 0.340 e. The van der Waals surface area contributed by atoms with Gasteiger partial charge in [-0.1, -0.05) is 11.6 Å². The van der Waals surface area contributed by atoms with Gasteiger partial charge in [-0.15, -0.1) is 5.10 Å². The number of imidazole rings is 1. The molecular weight excluding hydrogens is 556 g/mol. The molecule has 1 aliphatic heterocycles. The number of nitrogens with zero attached hydrogens (tertiary/aromatic N) is 7. The molecule has 0 bridgehead atoms. The lowest BCUT2D eigenvalue weighted by molar-refractivity contribution is -0.114. The molecule has 2 N–H and O–H groups in total. The van der Waals surface area contributed by atoms with Gasteiger partial charge in [-0.3, -0.25) is 9.59 Å². The average molecular weight is 576 g/mol. The number of carbonyl (C=O) groups is 1. The maximum absolute atomic E-state index is 15.5. The number of amides is 1. The molecule has 1 unspecified atom stereocenters. The van der Waals surface area contributed by atoms with Crippen molar-refractivity contribution in [1.82, 2.24) is 39.7 Å². The Balaban J connectivity index is 1.30. The molecule has 206 valence electrons. The molecule has 1 aliphatic carbocycles. The van der Waals surface area contributed by atoms with Gasteiger partial charge in [0.1, 0.15) is 18.0 Å². The number of hydrogen-bond acceptors (Lipinski definition) is 7. The summed E-state index contributed by atoms with van der Waals surface area (Å²) in [6.45, 7) is 1.31.